The lowest BCUT2D eigenvalue weighted by molar-refractivity contribution is 0.101. The van der Waals surface area contributed by atoms with Crippen molar-refractivity contribution >= 4 is 11.3 Å². The third-order valence-electron chi connectivity index (χ3n) is 2.74. The lowest BCUT2D eigenvalue weighted by Crippen LogP contribution is -2.32. The smallest absolute Gasteiger partial charge is 0.0795 e. The van der Waals surface area contributed by atoms with Gasteiger partial charge in [0, 0.05) is 18.5 Å². The molecule has 1 rings (SSSR count). The second-order valence-corrected chi connectivity index (χ2v) is 4.47. The molecule has 1 aromatic rings. The molecule has 1 aromatic heterocycles. The van der Waals surface area contributed by atoms with Gasteiger partial charge in [-0.3, -0.25) is 0 Å². The first kappa shape index (κ1) is 12.6. The van der Waals surface area contributed by atoms with E-state index >= 15 is 0 Å². The van der Waals surface area contributed by atoms with Crippen LogP contribution >= 0.6 is 11.3 Å². The molecule has 2 N–H and O–H groups in total. The van der Waals surface area contributed by atoms with E-state index in [0.29, 0.717) is 12.5 Å². The molecule has 3 nitrogen and oxygen atoms in total. The van der Waals surface area contributed by atoms with E-state index in [-0.39, 0.29) is 6.10 Å². The Balaban J connectivity index is 2.19. The summed E-state index contributed by atoms with van der Waals surface area (Å²) in [4.78, 5) is 4.17. The van der Waals surface area contributed by atoms with Crippen molar-refractivity contribution in [2.45, 2.75) is 39.3 Å². The number of rotatable bonds is 7. The van der Waals surface area contributed by atoms with Crippen molar-refractivity contribution in [2.75, 3.05) is 6.54 Å². The van der Waals surface area contributed by atoms with Crippen molar-refractivity contribution in [1.29, 1.82) is 0 Å². The lowest BCUT2D eigenvalue weighted by Gasteiger charge is -2.20. The van der Waals surface area contributed by atoms with Crippen LogP contribution < -0.4 is 5.32 Å². The van der Waals surface area contributed by atoms with Crippen molar-refractivity contribution in [3.05, 3.63) is 16.6 Å². The molecule has 0 saturated carbocycles. The van der Waals surface area contributed by atoms with Crippen LogP contribution in [0.3, 0.4) is 0 Å². The first-order chi connectivity index (χ1) is 7.27. The molecule has 0 aromatic carbocycles. The number of aliphatic hydroxyl groups is 1. The minimum absolute atomic E-state index is 0.237. The molecule has 1 unspecified atom stereocenters. The number of thiazole rings is 1. The summed E-state index contributed by atoms with van der Waals surface area (Å²) < 4.78 is 0. The Labute approximate surface area is 95.6 Å². The fourth-order valence-corrected chi connectivity index (χ4v) is 2.23. The maximum absolute atomic E-state index is 9.86. The molecular formula is C11H20N2OS. The van der Waals surface area contributed by atoms with Crippen LogP contribution in [0.4, 0.5) is 0 Å². The molecule has 0 fully saturated rings. The molecule has 86 valence electrons. The first-order valence-corrected chi connectivity index (χ1v) is 6.48. The number of aliphatic hydroxyl groups excluding tert-OH is 1. The number of hydrogen-bond donors (Lipinski definition) is 2. The molecule has 1 atom stereocenters. The van der Waals surface area contributed by atoms with Crippen LogP contribution in [0.25, 0.3) is 0 Å². The Morgan fingerprint density at radius 3 is 2.73 bits per heavy atom. The highest BCUT2D eigenvalue weighted by Gasteiger charge is 2.14. The number of nitrogens with zero attached hydrogens (tertiary/aromatic N) is 1. The van der Waals surface area contributed by atoms with Gasteiger partial charge in [-0.25, -0.2) is 4.98 Å². The summed E-state index contributed by atoms with van der Waals surface area (Å²) in [7, 11) is 0. The monoisotopic (exact) mass is 228 g/mol. The number of hydrogen-bond acceptors (Lipinski definition) is 4. The zero-order valence-electron chi connectivity index (χ0n) is 9.44. The summed E-state index contributed by atoms with van der Waals surface area (Å²) in [5.41, 5.74) is 2.88. The fourth-order valence-electron chi connectivity index (χ4n) is 1.67. The van der Waals surface area contributed by atoms with Gasteiger partial charge in [0.25, 0.3) is 0 Å². The zero-order valence-corrected chi connectivity index (χ0v) is 10.3. The van der Waals surface area contributed by atoms with E-state index in [4.69, 9.17) is 0 Å². The minimum atomic E-state index is -0.237. The van der Waals surface area contributed by atoms with E-state index in [1.807, 2.05) is 10.9 Å². The largest absolute Gasteiger partial charge is 0.392 e. The summed E-state index contributed by atoms with van der Waals surface area (Å²) in [6.45, 7) is 5.65. The predicted molar refractivity (Wildman–Crippen MR) is 63.9 cm³/mol. The van der Waals surface area contributed by atoms with Gasteiger partial charge < -0.3 is 10.4 Å². The molecule has 15 heavy (non-hydrogen) atoms. The first-order valence-electron chi connectivity index (χ1n) is 5.53. The van der Waals surface area contributed by atoms with Crippen molar-refractivity contribution in [3.8, 4) is 0 Å². The molecule has 0 bridgehead atoms. The van der Waals surface area contributed by atoms with Gasteiger partial charge in [-0.15, -0.1) is 11.3 Å². The number of nitrogens with one attached hydrogen (secondary N) is 1. The average molecular weight is 228 g/mol. The predicted octanol–water partition coefficient (Wildman–Crippen LogP) is 2.03. The maximum atomic E-state index is 9.86. The molecule has 1 heterocycles. The molecule has 0 radical (unpaired) electrons. The standard InChI is InChI=1S/C11H20N2OS/c1-3-9(4-2)11(14)6-12-5-10-7-15-8-13-10/h7-9,11-12,14H,3-6H2,1-2H3. The average Bonchev–Trinajstić information content (AvgIpc) is 2.72. The highest BCUT2D eigenvalue weighted by molar-refractivity contribution is 7.07. The summed E-state index contributed by atoms with van der Waals surface area (Å²) in [5.74, 6) is 0.410. The van der Waals surface area contributed by atoms with Crippen LogP contribution in [-0.2, 0) is 6.54 Å². The summed E-state index contributed by atoms with van der Waals surface area (Å²) in [5, 5.41) is 15.1. The van der Waals surface area contributed by atoms with E-state index < -0.39 is 0 Å². The maximum Gasteiger partial charge on any atom is 0.0795 e. The van der Waals surface area contributed by atoms with E-state index in [1.165, 1.54) is 0 Å². The molecule has 0 aliphatic carbocycles. The van der Waals surface area contributed by atoms with Gasteiger partial charge in [0.15, 0.2) is 0 Å². The Morgan fingerprint density at radius 1 is 1.47 bits per heavy atom. The molecule has 0 amide bonds. The van der Waals surface area contributed by atoms with Gasteiger partial charge in [-0.2, -0.15) is 0 Å². The Kier molecular flexibility index (Phi) is 5.83. The van der Waals surface area contributed by atoms with Crippen LogP contribution in [0.1, 0.15) is 32.4 Å². The highest BCUT2D eigenvalue weighted by atomic mass is 32.1. The Bertz CT molecular complexity index is 247. The van der Waals surface area contributed by atoms with Crippen LogP contribution in [0.2, 0.25) is 0 Å². The van der Waals surface area contributed by atoms with Crippen molar-refractivity contribution in [2.24, 2.45) is 5.92 Å². The van der Waals surface area contributed by atoms with Crippen LogP contribution in [0.15, 0.2) is 10.9 Å². The SMILES string of the molecule is CCC(CC)C(O)CNCc1cscn1. The zero-order chi connectivity index (χ0) is 11.1. The Hall–Kier alpha value is -0.450. The van der Waals surface area contributed by atoms with Crippen LogP contribution in [-0.4, -0.2) is 22.7 Å². The topological polar surface area (TPSA) is 45.1 Å². The van der Waals surface area contributed by atoms with Gasteiger partial charge in [0.05, 0.1) is 17.3 Å². The van der Waals surface area contributed by atoms with Crippen molar-refractivity contribution in [1.82, 2.24) is 10.3 Å². The molecule has 0 spiro atoms. The van der Waals surface area contributed by atoms with Gasteiger partial charge in [0.1, 0.15) is 0 Å². The van der Waals surface area contributed by atoms with Gasteiger partial charge in [0.2, 0.25) is 0 Å². The van der Waals surface area contributed by atoms with Crippen LogP contribution in [0.5, 0.6) is 0 Å². The normalized spacial score (nSPS) is 13.3. The van der Waals surface area contributed by atoms with Gasteiger partial charge in [-0.05, 0) is 5.92 Å². The van der Waals surface area contributed by atoms with Gasteiger partial charge >= 0.3 is 0 Å². The molecular weight excluding hydrogens is 208 g/mol. The molecule has 0 aliphatic rings. The summed E-state index contributed by atoms with van der Waals surface area (Å²) in [6, 6.07) is 0. The third-order valence-corrected chi connectivity index (χ3v) is 3.37. The second-order valence-electron chi connectivity index (χ2n) is 3.75. The minimum Gasteiger partial charge on any atom is -0.392 e. The molecule has 0 aliphatic heterocycles. The third kappa shape index (κ3) is 4.28. The quantitative estimate of drug-likeness (QED) is 0.750. The summed E-state index contributed by atoms with van der Waals surface area (Å²) >= 11 is 1.60. The Morgan fingerprint density at radius 2 is 2.20 bits per heavy atom. The van der Waals surface area contributed by atoms with E-state index in [2.05, 4.69) is 24.1 Å². The van der Waals surface area contributed by atoms with E-state index in [9.17, 15) is 5.11 Å². The molecule has 0 saturated heterocycles. The number of aromatic nitrogens is 1. The van der Waals surface area contributed by atoms with Crippen molar-refractivity contribution in [3.63, 3.8) is 0 Å². The second kappa shape index (κ2) is 6.93. The highest BCUT2D eigenvalue weighted by Crippen LogP contribution is 2.12. The fraction of sp³-hybridized carbons (Fsp3) is 0.727. The van der Waals surface area contributed by atoms with E-state index in [1.54, 1.807) is 11.3 Å². The van der Waals surface area contributed by atoms with Gasteiger partial charge in [-0.1, -0.05) is 26.7 Å². The van der Waals surface area contributed by atoms with Crippen LogP contribution in [0, 0.1) is 5.92 Å². The lowest BCUT2D eigenvalue weighted by atomic mass is 9.96. The summed E-state index contributed by atoms with van der Waals surface area (Å²) in [6.07, 6.45) is 1.84. The molecule has 4 heteroatoms. The van der Waals surface area contributed by atoms with E-state index in [0.717, 1.165) is 25.1 Å². The van der Waals surface area contributed by atoms with Crippen molar-refractivity contribution < 1.29 is 5.11 Å².